The van der Waals surface area contributed by atoms with E-state index in [0.717, 1.165) is 26.1 Å². The van der Waals surface area contributed by atoms with Gasteiger partial charge in [0.05, 0.1) is 20.3 Å². The number of aliphatic hydroxyl groups excluding tert-OH is 1. The number of hydrogen-bond acceptors (Lipinski definition) is 4. The molecule has 1 aromatic rings. The first-order chi connectivity index (χ1) is 9.24. The molecule has 1 fully saturated rings. The summed E-state index contributed by atoms with van der Waals surface area (Å²) in [6.45, 7) is 2.06. The summed E-state index contributed by atoms with van der Waals surface area (Å²) in [6, 6.07) is 3.39. The third-order valence-electron chi connectivity index (χ3n) is 3.29. The maximum atomic E-state index is 9.39. The summed E-state index contributed by atoms with van der Waals surface area (Å²) >= 11 is 5.97. The molecule has 0 spiro atoms. The largest absolute Gasteiger partial charge is 0.493 e. The van der Waals surface area contributed by atoms with Crippen molar-refractivity contribution in [3.05, 3.63) is 22.7 Å². The molecule has 4 nitrogen and oxygen atoms in total. The highest BCUT2D eigenvalue weighted by molar-refractivity contribution is 6.30. The average Bonchev–Trinajstić information content (AvgIpc) is 2.46. The number of rotatable bonds is 5. The van der Waals surface area contributed by atoms with Crippen LogP contribution in [-0.2, 0) is 11.3 Å². The van der Waals surface area contributed by atoms with Crippen molar-refractivity contribution in [2.75, 3.05) is 26.9 Å². The van der Waals surface area contributed by atoms with Gasteiger partial charge >= 0.3 is 0 Å². The molecule has 0 radical (unpaired) electrons. The lowest BCUT2D eigenvalue weighted by atomic mass is 10.0. The fourth-order valence-electron chi connectivity index (χ4n) is 2.17. The second-order valence-corrected chi connectivity index (χ2v) is 5.06. The van der Waals surface area contributed by atoms with E-state index in [4.69, 9.17) is 25.8 Å². The van der Waals surface area contributed by atoms with Crippen LogP contribution in [0, 0.1) is 5.92 Å². The summed E-state index contributed by atoms with van der Waals surface area (Å²) in [6.07, 6.45) is 2.01. The van der Waals surface area contributed by atoms with E-state index in [2.05, 4.69) is 0 Å². The molecule has 0 bridgehead atoms. The Morgan fingerprint density at radius 2 is 2.11 bits per heavy atom. The van der Waals surface area contributed by atoms with Gasteiger partial charge in [-0.05, 0) is 24.8 Å². The van der Waals surface area contributed by atoms with E-state index >= 15 is 0 Å². The number of methoxy groups -OCH3 is 1. The molecule has 0 unspecified atom stereocenters. The van der Waals surface area contributed by atoms with Crippen LogP contribution in [0.4, 0.5) is 0 Å². The lowest BCUT2D eigenvalue weighted by Crippen LogP contribution is -2.21. The van der Waals surface area contributed by atoms with Crippen LogP contribution in [-0.4, -0.2) is 32.0 Å². The molecular formula is C14H19ClO4. The lowest BCUT2D eigenvalue weighted by Gasteiger charge is -2.23. The van der Waals surface area contributed by atoms with Crippen molar-refractivity contribution in [1.82, 2.24) is 0 Å². The summed E-state index contributed by atoms with van der Waals surface area (Å²) in [4.78, 5) is 0. The van der Waals surface area contributed by atoms with E-state index in [-0.39, 0.29) is 6.61 Å². The molecule has 0 amide bonds. The number of benzene rings is 1. The Labute approximate surface area is 118 Å². The molecule has 1 aliphatic rings. The van der Waals surface area contributed by atoms with Crippen LogP contribution in [0.25, 0.3) is 0 Å². The summed E-state index contributed by atoms with van der Waals surface area (Å²) in [5.74, 6) is 1.63. The van der Waals surface area contributed by atoms with Crippen LogP contribution in [0.2, 0.25) is 5.02 Å². The SMILES string of the molecule is COc1cc(Cl)cc(CO)c1OCC1CCOCC1. The molecule has 1 heterocycles. The van der Waals surface area contributed by atoms with E-state index in [1.165, 1.54) is 0 Å². The first-order valence-corrected chi connectivity index (χ1v) is 6.80. The minimum Gasteiger partial charge on any atom is -0.493 e. The molecule has 2 rings (SSSR count). The van der Waals surface area contributed by atoms with Crippen LogP contribution in [0.3, 0.4) is 0 Å². The molecule has 0 atom stereocenters. The molecule has 106 valence electrons. The summed E-state index contributed by atoms with van der Waals surface area (Å²) < 4.78 is 16.4. The molecule has 1 aliphatic heterocycles. The third-order valence-corrected chi connectivity index (χ3v) is 3.51. The zero-order valence-corrected chi connectivity index (χ0v) is 11.8. The molecule has 19 heavy (non-hydrogen) atoms. The van der Waals surface area contributed by atoms with E-state index in [9.17, 15) is 5.11 Å². The van der Waals surface area contributed by atoms with Gasteiger partial charge in [-0.3, -0.25) is 0 Å². The van der Waals surface area contributed by atoms with Crippen molar-refractivity contribution in [1.29, 1.82) is 0 Å². The van der Waals surface area contributed by atoms with Gasteiger partial charge in [-0.15, -0.1) is 0 Å². The summed E-state index contributed by atoms with van der Waals surface area (Å²) in [5.41, 5.74) is 0.649. The zero-order chi connectivity index (χ0) is 13.7. The van der Waals surface area contributed by atoms with Gasteiger partial charge < -0.3 is 19.3 Å². The summed E-state index contributed by atoms with van der Waals surface area (Å²) in [5, 5.41) is 9.91. The van der Waals surface area contributed by atoms with Gasteiger partial charge in [-0.2, -0.15) is 0 Å². The highest BCUT2D eigenvalue weighted by Crippen LogP contribution is 2.35. The van der Waals surface area contributed by atoms with E-state index < -0.39 is 0 Å². The maximum absolute atomic E-state index is 9.39. The first kappa shape index (κ1) is 14.4. The smallest absolute Gasteiger partial charge is 0.166 e. The van der Waals surface area contributed by atoms with Crippen LogP contribution in [0.5, 0.6) is 11.5 Å². The fourth-order valence-corrected chi connectivity index (χ4v) is 2.40. The molecule has 1 N–H and O–H groups in total. The Morgan fingerprint density at radius 3 is 2.74 bits per heavy atom. The second-order valence-electron chi connectivity index (χ2n) is 4.62. The van der Waals surface area contributed by atoms with Crippen molar-refractivity contribution in [3.63, 3.8) is 0 Å². The molecular weight excluding hydrogens is 268 g/mol. The summed E-state index contributed by atoms with van der Waals surface area (Å²) in [7, 11) is 1.56. The first-order valence-electron chi connectivity index (χ1n) is 6.42. The molecule has 1 saturated heterocycles. The Bertz CT molecular complexity index is 391. The predicted molar refractivity (Wildman–Crippen MR) is 73.0 cm³/mol. The molecule has 0 aliphatic carbocycles. The van der Waals surface area contributed by atoms with Crippen LogP contribution in [0.15, 0.2) is 12.1 Å². The van der Waals surface area contributed by atoms with E-state index in [0.29, 0.717) is 34.6 Å². The van der Waals surface area contributed by atoms with E-state index in [1.807, 2.05) is 0 Å². The fraction of sp³-hybridized carbons (Fsp3) is 0.571. The van der Waals surface area contributed by atoms with Crippen LogP contribution >= 0.6 is 11.6 Å². The van der Waals surface area contributed by atoms with Crippen molar-refractivity contribution in [3.8, 4) is 11.5 Å². The number of hydrogen-bond donors (Lipinski definition) is 1. The van der Waals surface area contributed by atoms with Gasteiger partial charge in [-0.1, -0.05) is 11.6 Å². The zero-order valence-electron chi connectivity index (χ0n) is 11.0. The third kappa shape index (κ3) is 3.75. The lowest BCUT2D eigenvalue weighted by molar-refractivity contribution is 0.0490. The minimum atomic E-state index is -0.125. The van der Waals surface area contributed by atoms with Crippen molar-refractivity contribution in [2.45, 2.75) is 19.4 Å². The number of ether oxygens (including phenoxy) is 3. The highest BCUT2D eigenvalue weighted by atomic mass is 35.5. The average molecular weight is 287 g/mol. The Balaban J connectivity index is 2.09. The topological polar surface area (TPSA) is 47.9 Å². The van der Waals surface area contributed by atoms with E-state index in [1.54, 1.807) is 19.2 Å². The highest BCUT2D eigenvalue weighted by Gasteiger charge is 2.17. The van der Waals surface area contributed by atoms with Crippen molar-refractivity contribution in [2.24, 2.45) is 5.92 Å². The number of aliphatic hydroxyl groups is 1. The standard InChI is InChI=1S/C14H19ClO4/c1-17-13-7-12(15)6-11(8-16)14(13)19-9-10-2-4-18-5-3-10/h6-7,10,16H,2-5,8-9H2,1H3. The van der Waals surface area contributed by atoms with Gasteiger partial charge in [0.25, 0.3) is 0 Å². The van der Waals surface area contributed by atoms with Gasteiger partial charge in [0.2, 0.25) is 0 Å². The predicted octanol–water partition coefficient (Wildman–Crippen LogP) is 2.65. The maximum Gasteiger partial charge on any atom is 0.166 e. The quantitative estimate of drug-likeness (QED) is 0.904. The molecule has 0 aromatic heterocycles. The monoisotopic (exact) mass is 286 g/mol. The molecule has 1 aromatic carbocycles. The Hall–Kier alpha value is -0.970. The van der Waals surface area contributed by atoms with Gasteiger partial charge in [0.15, 0.2) is 11.5 Å². The van der Waals surface area contributed by atoms with Gasteiger partial charge in [0, 0.05) is 29.9 Å². The Morgan fingerprint density at radius 1 is 1.37 bits per heavy atom. The second kappa shape index (κ2) is 6.98. The number of halogens is 1. The van der Waals surface area contributed by atoms with Crippen molar-refractivity contribution < 1.29 is 19.3 Å². The van der Waals surface area contributed by atoms with Crippen LogP contribution in [0.1, 0.15) is 18.4 Å². The normalized spacial score (nSPS) is 16.4. The molecule has 5 heteroatoms. The Kier molecular flexibility index (Phi) is 5.31. The minimum absolute atomic E-state index is 0.125. The van der Waals surface area contributed by atoms with Gasteiger partial charge in [0.1, 0.15) is 0 Å². The molecule has 0 saturated carbocycles. The van der Waals surface area contributed by atoms with Gasteiger partial charge in [-0.25, -0.2) is 0 Å². The van der Waals surface area contributed by atoms with Crippen molar-refractivity contribution >= 4 is 11.6 Å². The van der Waals surface area contributed by atoms with Crippen LogP contribution < -0.4 is 9.47 Å².